The third-order valence-corrected chi connectivity index (χ3v) is 4.31. The Morgan fingerprint density at radius 3 is 2.36 bits per heavy atom. The lowest BCUT2D eigenvalue weighted by Gasteiger charge is -2.23. The second kappa shape index (κ2) is 5.98. The van der Waals surface area contributed by atoms with Gasteiger partial charge in [-0.3, -0.25) is 19.3 Å². The predicted octanol–water partition coefficient (Wildman–Crippen LogP) is 1.88. The lowest BCUT2D eigenvalue weighted by atomic mass is 9.86. The average Bonchev–Trinajstić information content (AvgIpc) is 3.33. The van der Waals surface area contributed by atoms with Gasteiger partial charge in [0.15, 0.2) is 0 Å². The maximum absolute atomic E-state index is 12.4. The Morgan fingerprint density at radius 1 is 1.12 bits per heavy atom. The number of benzene rings is 1. The van der Waals surface area contributed by atoms with E-state index in [0.717, 1.165) is 15.4 Å². The lowest BCUT2D eigenvalue weighted by Crippen LogP contribution is -2.39. The minimum Gasteiger partial charge on any atom is -0.324 e. The van der Waals surface area contributed by atoms with Gasteiger partial charge in [0.1, 0.15) is 6.54 Å². The third kappa shape index (κ3) is 3.26. The fourth-order valence-electron chi connectivity index (χ4n) is 2.90. The summed E-state index contributed by atoms with van der Waals surface area (Å²) in [5, 5.41) is 2.74. The molecule has 1 N–H and O–H groups in total. The molecule has 2 fully saturated rings. The average molecular weight is 343 g/mol. The fraction of sp³-hybridized carbons (Fsp3) is 0.444. The van der Waals surface area contributed by atoms with Gasteiger partial charge in [-0.1, -0.05) is 39.0 Å². The summed E-state index contributed by atoms with van der Waals surface area (Å²) in [6.45, 7) is 5.61. The summed E-state index contributed by atoms with van der Waals surface area (Å²) in [4.78, 5) is 50.2. The van der Waals surface area contributed by atoms with Crippen molar-refractivity contribution in [3.8, 4) is 0 Å². The van der Waals surface area contributed by atoms with Crippen LogP contribution in [0.25, 0.3) is 0 Å². The Kier molecular flexibility index (Phi) is 4.10. The molecule has 1 heterocycles. The van der Waals surface area contributed by atoms with Crippen LogP contribution in [-0.2, 0) is 19.8 Å². The third-order valence-electron chi connectivity index (χ3n) is 4.31. The van der Waals surface area contributed by atoms with E-state index in [1.807, 2.05) is 32.9 Å². The Labute approximate surface area is 146 Å². The summed E-state index contributed by atoms with van der Waals surface area (Å²) in [6.07, 6.45) is 1.42. The van der Waals surface area contributed by atoms with E-state index in [1.54, 1.807) is 12.1 Å². The van der Waals surface area contributed by atoms with Crippen LogP contribution in [0, 0.1) is 0 Å². The molecule has 0 aromatic heterocycles. The Bertz CT molecular complexity index is 762. The van der Waals surface area contributed by atoms with Crippen molar-refractivity contribution in [3.63, 3.8) is 0 Å². The summed E-state index contributed by atoms with van der Waals surface area (Å²) in [5.74, 6) is -2.28. The largest absolute Gasteiger partial charge is 0.334 e. The summed E-state index contributed by atoms with van der Waals surface area (Å²) in [6, 6.07) is 6.48. The SMILES string of the molecule is CC(C)(C)c1ccccc1NC(=O)CN1C(=O)C(=O)N(C2CC2)C1=O. The number of imide groups is 2. The first-order valence-electron chi connectivity index (χ1n) is 8.28. The smallest absolute Gasteiger partial charge is 0.324 e. The molecule has 0 spiro atoms. The minimum atomic E-state index is -0.934. The van der Waals surface area contributed by atoms with Crippen molar-refractivity contribution in [2.75, 3.05) is 11.9 Å². The van der Waals surface area contributed by atoms with Crippen LogP contribution in [0.1, 0.15) is 39.2 Å². The van der Waals surface area contributed by atoms with E-state index in [1.165, 1.54) is 0 Å². The van der Waals surface area contributed by atoms with Crippen molar-refractivity contribution >= 4 is 29.4 Å². The zero-order valence-corrected chi connectivity index (χ0v) is 14.5. The van der Waals surface area contributed by atoms with E-state index in [2.05, 4.69) is 5.32 Å². The van der Waals surface area contributed by atoms with Crippen molar-refractivity contribution in [2.45, 2.75) is 45.1 Å². The quantitative estimate of drug-likeness (QED) is 0.668. The molecular formula is C18H21N3O4. The number of nitrogens with zero attached hydrogens (tertiary/aromatic N) is 2. The van der Waals surface area contributed by atoms with E-state index >= 15 is 0 Å². The topological polar surface area (TPSA) is 86.8 Å². The molecule has 1 aliphatic heterocycles. The molecular weight excluding hydrogens is 322 g/mol. The van der Waals surface area contributed by atoms with E-state index in [9.17, 15) is 19.2 Å². The van der Waals surface area contributed by atoms with Gasteiger partial charge in [0.05, 0.1) is 0 Å². The van der Waals surface area contributed by atoms with Crippen LogP contribution in [0.3, 0.4) is 0 Å². The molecule has 0 unspecified atom stereocenters. The summed E-state index contributed by atoms with van der Waals surface area (Å²) in [5.41, 5.74) is 1.39. The molecule has 1 aromatic carbocycles. The van der Waals surface area contributed by atoms with Gasteiger partial charge in [-0.25, -0.2) is 9.69 Å². The van der Waals surface area contributed by atoms with Crippen LogP contribution >= 0.6 is 0 Å². The molecule has 25 heavy (non-hydrogen) atoms. The number of urea groups is 1. The van der Waals surface area contributed by atoms with Gasteiger partial charge >= 0.3 is 17.8 Å². The summed E-state index contributed by atoms with van der Waals surface area (Å²) in [7, 11) is 0. The van der Waals surface area contributed by atoms with Crippen molar-refractivity contribution in [3.05, 3.63) is 29.8 Å². The molecule has 1 aromatic rings. The zero-order valence-electron chi connectivity index (χ0n) is 14.5. The second-order valence-corrected chi connectivity index (χ2v) is 7.42. The number of hydrogen-bond donors (Lipinski definition) is 1. The normalized spacial score (nSPS) is 18.1. The van der Waals surface area contributed by atoms with Crippen molar-refractivity contribution in [1.29, 1.82) is 0 Å². The molecule has 132 valence electrons. The predicted molar refractivity (Wildman–Crippen MR) is 90.7 cm³/mol. The molecule has 0 atom stereocenters. The number of rotatable bonds is 4. The summed E-state index contributed by atoms with van der Waals surface area (Å²) < 4.78 is 0. The van der Waals surface area contributed by atoms with Gasteiger partial charge in [0.2, 0.25) is 5.91 Å². The van der Waals surface area contributed by atoms with Crippen LogP contribution in [0.15, 0.2) is 24.3 Å². The van der Waals surface area contributed by atoms with Crippen LogP contribution in [0.5, 0.6) is 0 Å². The van der Waals surface area contributed by atoms with Gasteiger partial charge in [-0.05, 0) is 29.9 Å². The van der Waals surface area contributed by atoms with Crippen molar-refractivity contribution < 1.29 is 19.2 Å². The first kappa shape index (κ1) is 17.1. The van der Waals surface area contributed by atoms with Crippen molar-refractivity contribution in [1.82, 2.24) is 9.80 Å². The highest BCUT2D eigenvalue weighted by Gasteiger charge is 2.51. The van der Waals surface area contributed by atoms with Gasteiger partial charge in [-0.15, -0.1) is 0 Å². The summed E-state index contributed by atoms with van der Waals surface area (Å²) >= 11 is 0. The lowest BCUT2D eigenvalue weighted by molar-refractivity contribution is -0.143. The molecule has 7 nitrogen and oxygen atoms in total. The molecule has 5 amide bonds. The fourth-order valence-corrected chi connectivity index (χ4v) is 2.90. The second-order valence-electron chi connectivity index (χ2n) is 7.42. The van der Waals surface area contributed by atoms with Gasteiger partial charge < -0.3 is 5.32 Å². The van der Waals surface area contributed by atoms with Crippen LogP contribution < -0.4 is 5.32 Å². The molecule has 1 aliphatic carbocycles. The maximum Gasteiger partial charge on any atom is 0.334 e. The van der Waals surface area contributed by atoms with Gasteiger partial charge in [-0.2, -0.15) is 0 Å². The molecule has 7 heteroatoms. The van der Waals surface area contributed by atoms with Crippen LogP contribution in [0.4, 0.5) is 10.5 Å². The number of carbonyl (C=O) groups excluding carboxylic acids is 4. The number of nitrogens with one attached hydrogen (secondary N) is 1. The highest BCUT2D eigenvalue weighted by Crippen LogP contribution is 2.31. The monoisotopic (exact) mass is 343 g/mol. The van der Waals surface area contributed by atoms with Crippen molar-refractivity contribution in [2.24, 2.45) is 0 Å². The highest BCUT2D eigenvalue weighted by atomic mass is 16.2. The first-order valence-corrected chi connectivity index (χ1v) is 8.28. The number of hydrogen-bond acceptors (Lipinski definition) is 4. The molecule has 3 rings (SSSR count). The Hall–Kier alpha value is -2.70. The van der Waals surface area contributed by atoms with E-state index in [0.29, 0.717) is 18.5 Å². The number of para-hydroxylation sites is 1. The Balaban J connectivity index is 1.73. The van der Waals surface area contributed by atoms with Crippen LogP contribution in [0.2, 0.25) is 0 Å². The highest BCUT2D eigenvalue weighted by molar-refractivity contribution is 6.45. The molecule has 0 radical (unpaired) electrons. The number of anilines is 1. The standard InChI is InChI=1S/C18H21N3O4/c1-18(2,3)12-6-4-5-7-13(12)19-14(22)10-20-15(23)16(24)21(17(20)25)11-8-9-11/h4-7,11H,8-10H2,1-3H3,(H,19,22). The van der Waals surface area contributed by atoms with E-state index in [4.69, 9.17) is 0 Å². The molecule has 1 saturated heterocycles. The van der Waals surface area contributed by atoms with Gasteiger partial charge in [0.25, 0.3) is 0 Å². The number of carbonyl (C=O) groups is 4. The van der Waals surface area contributed by atoms with Gasteiger partial charge in [0, 0.05) is 11.7 Å². The minimum absolute atomic E-state index is 0.179. The van der Waals surface area contributed by atoms with E-state index < -0.39 is 30.3 Å². The van der Waals surface area contributed by atoms with E-state index in [-0.39, 0.29) is 11.5 Å². The Morgan fingerprint density at radius 2 is 1.76 bits per heavy atom. The molecule has 0 bridgehead atoms. The molecule has 2 aliphatic rings. The number of amides is 5. The van der Waals surface area contributed by atoms with Crippen LogP contribution in [-0.4, -0.2) is 46.1 Å². The first-order chi connectivity index (χ1) is 11.7. The maximum atomic E-state index is 12.4. The zero-order chi connectivity index (χ0) is 18.4. The molecule has 1 saturated carbocycles.